The molecule has 0 aromatic carbocycles. The van der Waals surface area contributed by atoms with E-state index in [9.17, 15) is 0 Å². The van der Waals surface area contributed by atoms with Crippen molar-refractivity contribution in [1.29, 1.82) is 0 Å². The van der Waals surface area contributed by atoms with Gasteiger partial charge in [-0.3, -0.25) is 14.3 Å². The van der Waals surface area contributed by atoms with Gasteiger partial charge in [0.05, 0.1) is 42.2 Å². The summed E-state index contributed by atoms with van der Waals surface area (Å²) in [5, 5.41) is 37.6. The molecule has 2 fully saturated rings. The second-order valence-electron chi connectivity index (χ2n) is 15.4. The number of anilines is 4. The largest absolute Gasteiger partial charge is 0.491 e. The van der Waals surface area contributed by atoms with Crippen LogP contribution in [-0.2, 0) is 14.1 Å². The quantitative estimate of drug-likeness (QED) is 0.112. The molecule has 0 bridgehead atoms. The summed E-state index contributed by atoms with van der Waals surface area (Å²) in [6.07, 6.45) is 17.1. The Kier molecular flexibility index (Phi) is 10.2. The first kappa shape index (κ1) is 38.1. The highest BCUT2D eigenvalue weighted by atomic mass is 32.1. The molecule has 10 rings (SSSR count). The van der Waals surface area contributed by atoms with Crippen molar-refractivity contribution in [2.24, 2.45) is 14.1 Å². The van der Waals surface area contributed by atoms with Gasteiger partial charge in [-0.1, -0.05) is 35.5 Å². The van der Waals surface area contributed by atoms with Crippen molar-refractivity contribution in [2.75, 3.05) is 23.8 Å². The summed E-state index contributed by atoms with van der Waals surface area (Å²) in [7, 11) is 3.79. The maximum absolute atomic E-state index is 6.38. The second kappa shape index (κ2) is 16.1. The Morgan fingerprint density at radius 3 is 2.05 bits per heavy atom. The summed E-state index contributed by atoms with van der Waals surface area (Å²) < 4.78 is 15.8. The van der Waals surface area contributed by atoms with Gasteiger partial charge < -0.3 is 20.1 Å². The zero-order valence-corrected chi connectivity index (χ0v) is 35.4. The fourth-order valence-electron chi connectivity index (χ4n) is 8.50. The molecule has 2 saturated carbocycles. The number of nitrogens with one attached hydrogen (secondary N) is 2. The zero-order chi connectivity index (χ0) is 40.7. The van der Waals surface area contributed by atoms with Crippen molar-refractivity contribution in [3.63, 3.8) is 0 Å². The molecule has 16 nitrogen and oxygen atoms in total. The molecule has 0 aliphatic heterocycles. The molecule has 2 N–H and O–H groups in total. The van der Waals surface area contributed by atoms with E-state index in [1.807, 2.05) is 70.9 Å². The number of pyridine rings is 4. The van der Waals surface area contributed by atoms with E-state index >= 15 is 0 Å². The molecule has 2 atom stereocenters. The van der Waals surface area contributed by atoms with E-state index in [4.69, 9.17) is 29.4 Å². The highest BCUT2D eigenvalue weighted by Crippen LogP contribution is 2.48. The number of ether oxygens (including phenoxy) is 2. The van der Waals surface area contributed by atoms with Gasteiger partial charge in [-0.2, -0.15) is 10.2 Å². The Morgan fingerprint density at radius 1 is 0.667 bits per heavy atom. The third-order valence-electron chi connectivity index (χ3n) is 11.3. The van der Waals surface area contributed by atoms with E-state index in [-0.39, 0.29) is 11.8 Å². The lowest BCUT2D eigenvalue weighted by atomic mass is 9.94. The van der Waals surface area contributed by atoms with Gasteiger partial charge in [0.2, 0.25) is 16.1 Å². The SMILES string of the molecule is CCOc1nc2ccc(Nc3nnc(C4CCC(c5cc(Nc6nnc(C7CCCC7)s6)nc6c(OCC)c(-c7cnn(C)c7)cnc56)C4)s3)nc2cc1-c1cnn(C)c1. The molecule has 0 radical (unpaired) electrons. The highest BCUT2D eigenvalue weighted by Gasteiger charge is 2.33. The van der Waals surface area contributed by atoms with Gasteiger partial charge in [-0.25, -0.2) is 15.0 Å². The summed E-state index contributed by atoms with van der Waals surface area (Å²) in [5.41, 5.74) is 7.67. The van der Waals surface area contributed by atoms with Crippen molar-refractivity contribution in [3.8, 4) is 33.9 Å². The average molecular weight is 841 g/mol. The highest BCUT2D eigenvalue weighted by molar-refractivity contribution is 7.15. The molecule has 18 heteroatoms. The Hall–Kier alpha value is -6.14. The van der Waals surface area contributed by atoms with Crippen LogP contribution in [0.1, 0.15) is 92.1 Å². The molecular formula is C42H44N14O2S2. The van der Waals surface area contributed by atoms with Crippen LogP contribution in [0.25, 0.3) is 44.3 Å². The summed E-state index contributed by atoms with van der Waals surface area (Å²) in [5.74, 6) is 3.54. The van der Waals surface area contributed by atoms with Gasteiger partial charge in [0.25, 0.3) is 0 Å². The lowest BCUT2D eigenvalue weighted by Crippen LogP contribution is -2.05. The number of nitrogens with zero attached hydrogens (tertiary/aromatic N) is 12. The Morgan fingerprint density at radius 2 is 1.35 bits per heavy atom. The minimum absolute atomic E-state index is 0.210. The van der Waals surface area contributed by atoms with Crippen LogP contribution in [0.2, 0.25) is 0 Å². The molecule has 0 spiro atoms. The predicted molar refractivity (Wildman–Crippen MR) is 233 cm³/mol. The van der Waals surface area contributed by atoms with Crippen LogP contribution in [0, 0.1) is 0 Å². The summed E-state index contributed by atoms with van der Waals surface area (Å²) >= 11 is 3.19. The van der Waals surface area contributed by atoms with Crippen molar-refractivity contribution in [2.45, 2.75) is 76.5 Å². The number of aryl methyl sites for hydroxylation is 2. The molecule has 0 saturated heterocycles. The molecule has 2 aliphatic carbocycles. The first-order valence-corrected chi connectivity index (χ1v) is 22.1. The Balaban J connectivity index is 0.930. The Bertz CT molecular complexity index is 2820. The monoisotopic (exact) mass is 840 g/mol. The van der Waals surface area contributed by atoms with E-state index in [0.717, 1.165) is 78.8 Å². The van der Waals surface area contributed by atoms with Crippen molar-refractivity contribution in [1.82, 2.24) is 59.9 Å². The zero-order valence-electron chi connectivity index (χ0n) is 33.8. The summed E-state index contributed by atoms with van der Waals surface area (Å²) in [6, 6.07) is 7.98. The van der Waals surface area contributed by atoms with E-state index in [0.29, 0.717) is 53.0 Å². The van der Waals surface area contributed by atoms with Gasteiger partial charge in [0, 0.05) is 66.8 Å². The number of fused-ring (bicyclic) bond motifs is 2. The first-order valence-electron chi connectivity index (χ1n) is 20.5. The van der Waals surface area contributed by atoms with Crippen LogP contribution in [0.15, 0.2) is 55.2 Å². The number of rotatable bonds is 13. The van der Waals surface area contributed by atoms with Crippen molar-refractivity contribution in [3.05, 3.63) is 70.8 Å². The molecular weight excluding hydrogens is 797 g/mol. The minimum atomic E-state index is 0.210. The Labute approximate surface area is 353 Å². The third kappa shape index (κ3) is 7.49. The molecule has 0 amide bonds. The molecule has 60 heavy (non-hydrogen) atoms. The topological polar surface area (TPSA) is 181 Å². The van der Waals surface area contributed by atoms with E-state index in [1.165, 1.54) is 25.7 Å². The second-order valence-corrected chi connectivity index (χ2v) is 17.4. The minimum Gasteiger partial charge on any atom is -0.491 e. The predicted octanol–water partition coefficient (Wildman–Crippen LogP) is 9.07. The molecule has 8 aromatic heterocycles. The number of hydrogen-bond donors (Lipinski definition) is 2. The van der Waals surface area contributed by atoms with E-state index in [1.54, 1.807) is 38.2 Å². The van der Waals surface area contributed by atoms with Gasteiger partial charge in [-0.15, -0.1) is 20.4 Å². The van der Waals surface area contributed by atoms with Gasteiger partial charge >= 0.3 is 0 Å². The lowest BCUT2D eigenvalue weighted by Gasteiger charge is -2.18. The molecule has 8 heterocycles. The standard InChI is InChI=1S/C42H44N14O2S2/c1-5-57-37-30(27-19-45-56(4)22-27)20-43-35-28(17-34(48-36(35)37)50-42-54-51-39(59-42)23-9-7-8-10-23)24-11-12-25(15-24)40-52-53-41(60-40)49-33-14-13-31-32(46-33)16-29(38(47-31)58-6-2)26-18-44-55(3)21-26/h13-14,16-25H,5-12,15H2,1-4H3,(H,46,49,53)(H,48,50,54). The molecule has 2 aliphatic rings. The average Bonchev–Trinajstić information content (AvgIpc) is 4.11. The normalized spacial score (nSPS) is 16.9. The fourth-order valence-corrected chi connectivity index (χ4v) is 10.3. The first-order chi connectivity index (χ1) is 29.4. The van der Waals surface area contributed by atoms with Crippen LogP contribution in [-0.4, -0.2) is 73.1 Å². The van der Waals surface area contributed by atoms with Crippen molar-refractivity contribution < 1.29 is 9.47 Å². The van der Waals surface area contributed by atoms with Gasteiger partial charge in [-0.05, 0) is 81.7 Å². The molecule has 306 valence electrons. The smallest absolute Gasteiger partial charge is 0.222 e. The van der Waals surface area contributed by atoms with Crippen LogP contribution < -0.4 is 20.1 Å². The van der Waals surface area contributed by atoms with Crippen molar-refractivity contribution >= 4 is 66.6 Å². The number of hydrogen-bond acceptors (Lipinski definition) is 16. The lowest BCUT2D eigenvalue weighted by molar-refractivity contribution is 0.329. The van der Waals surface area contributed by atoms with E-state index in [2.05, 4.69) is 47.3 Å². The maximum Gasteiger partial charge on any atom is 0.222 e. The van der Waals surface area contributed by atoms with Crippen LogP contribution in [0.4, 0.5) is 21.9 Å². The van der Waals surface area contributed by atoms with Gasteiger partial charge in [0.1, 0.15) is 27.2 Å². The van der Waals surface area contributed by atoms with Gasteiger partial charge in [0.15, 0.2) is 5.75 Å². The van der Waals surface area contributed by atoms with Crippen LogP contribution in [0.5, 0.6) is 11.6 Å². The third-order valence-corrected chi connectivity index (χ3v) is 13.3. The fraction of sp³-hybridized carbons (Fsp3) is 0.381. The summed E-state index contributed by atoms with van der Waals surface area (Å²) in [4.78, 5) is 19.9. The van der Waals surface area contributed by atoms with Crippen LogP contribution in [0.3, 0.4) is 0 Å². The van der Waals surface area contributed by atoms with E-state index < -0.39 is 0 Å². The molecule has 2 unspecified atom stereocenters. The summed E-state index contributed by atoms with van der Waals surface area (Å²) in [6.45, 7) is 4.92. The maximum atomic E-state index is 6.38. The van der Waals surface area contributed by atoms with Crippen LogP contribution >= 0.6 is 22.7 Å². The molecule has 8 aromatic rings. The number of aromatic nitrogens is 12.